The Morgan fingerprint density at radius 1 is 1.14 bits per heavy atom. The number of nitrogens with zero attached hydrogens (tertiary/aromatic N) is 2. The second-order valence-corrected chi connectivity index (χ2v) is 6.89. The van der Waals surface area contributed by atoms with Gasteiger partial charge >= 0.3 is 0 Å². The van der Waals surface area contributed by atoms with Gasteiger partial charge in [0, 0.05) is 18.2 Å². The molecule has 0 spiro atoms. The minimum Gasteiger partial charge on any atom is -0.258 e. The molecule has 1 aromatic rings. The summed E-state index contributed by atoms with van der Waals surface area (Å²) in [5, 5.41) is 11.1. The number of benzene rings is 1. The van der Waals surface area contributed by atoms with Gasteiger partial charge in [-0.2, -0.15) is 4.31 Å². The van der Waals surface area contributed by atoms with E-state index in [0.717, 1.165) is 0 Å². The highest BCUT2D eigenvalue weighted by Gasteiger charge is 2.36. The van der Waals surface area contributed by atoms with Crippen molar-refractivity contribution in [2.24, 2.45) is 0 Å². The average molecular weight is 314 g/mol. The molecule has 118 valence electrons. The molecule has 0 fully saturated rings. The third kappa shape index (κ3) is 3.59. The van der Waals surface area contributed by atoms with Crippen LogP contribution in [-0.4, -0.2) is 29.7 Å². The van der Waals surface area contributed by atoms with E-state index in [-0.39, 0.29) is 22.7 Å². The van der Waals surface area contributed by atoms with E-state index in [4.69, 9.17) is 0 Å². The molecule has 21 heavy (non-hydrogen) atoms. The maximum absolute atomic E-state index is 12.9. The fourth-order valence-electron chi connectivity index (χ4n) is 2.21. The Morgan fingerprint density at radius 3 is 2.05 bits per heavy atom. The summed E-state index contributed by atoms with van der Waals surface area (Å²) in [5.74, 6) is 0. The van der Waals surface area contributed by atoms with Crippen molar-refractivity contribution in [1.82, 2.24) is 4.31 Å². The van der Waals surface area contributed by atoms with Gasteiger partial charge in [-0.15, -0.1) is 0 Å². The molecule has 1 aromatic carbocycles. The second-order valence-electron chi connectivity index (χ2n) is 5.07. The number of hydrogen-bond acceptors (Lipinski definition) is 4. The van der Waals surface area contributed by atoms with E-state index in [1.807, 2.05) is 27.7 Å². The van der Waals surface area contributed by atoms with E-state index in [1.165, 1.54) is 28.6 Å². The Kier molecular flexibility index (Phi) is 5.86. The normalized spacial score (nSPS) is 14.9. The fourth-order valence-corrected chi connectivity index (χ4v) is 4.34. The maximum atomic E-state index is 12.9. The van der Waals surface area contributed by atoms with Crippen molar-refractivity contribution >= 4 is 15.7 Å². The van der Waals surface area contributed by atoms with Gasteiger partial charge in [0.1, 0.15) is 0 Å². The molecule has 6 nitrogen and oxygen atoms in total. The van der Waals surface area contributed by atoms with Crippen LogP contribution in [0.1, 0.15) is 40.5 Å². The number of nitro benzene ring substituents is 1. The predicted molar refractivity (Wildman–Crippen MR) is 81.6 cm³/mol. The standard InChI is InChI=1S/C14H22N2O4S/c1-5-11(3)15(12(4)6-2)21(19,20)14-10-8-7-9-13(14)16(17)18/h7-12H,5-6H2,1-4H3/t11-,12-/m1/s1. The van der Waals surface area contributed by atoms with Gasteiger partial charge in [-0.05, 0) is 32.8 Å². The lowest BCUT2D eigenvalue weighted by molar-refractivity contribution is -0.387. The van der Waals surface area contributed by atoms with Crippen molar-refractivity contribution in [3.8, 4) is 0 Å². The van der Waals surface area contributed by atoms with Crippen molar-refractivity contribution in [2.45, 2.75) is 57.5 Å². The summed E-state index contributed by atoms with van der Waals surface area (Å²) in [7, 11) is -3.91. The molecular weight excluding hydrogens is 292 g/mol. The van der Waals surface area contributed by atoms with Gasteiger partial charge in [0.25, 0.3) is 5.69 Å². The highest BCUT2D eigenvalue weighted by Crippen LogP contribution is 2.29. The smallest absolute Gasteiger partial charge is 0.258 e. The van der Waals surface area contributed by atoms with E-state index in [0.29, 0.717) is 12.8 Å². The number of nitro groups is 1. The van der Waals surface area contributed by atoms with Crippen LogP contribution in [0.2, 0.25) is 0 Å². The van der Waals surface area contributed by atoms with Crippen LogP contribution in [0, 0.1) is 10.1 Å². The number of hydrogen-bond donors (Lipinski definition) is 0. The monoisotopic (exact) mass is 314 g/mol. The zero-order chi connectivity index (χ0) is 16.2. The van der Waals surface area contributed by atoms with Gasteiger partial charge in [0.15, 0.2) is 4.90 Å². The van der Waals surface area contributed by atoms with E-state index >= 15 is 0 Å². The van der Waals surface area contributed by atoms with Gasteiger partial charge in [-0.25, -0.2) is 8.42 Å². The lowest BCUT2D eigenvalue weighted by Crippen LogP contribution is -2.44. The summed E-state index contributed by atoms with van der Waals surface area (Å²) in [4.78, 5) is 10.2. The minimum absolute atomic E-state index is 0.218. The lowest BCUT2D eigenvalue weighted by atomic mass is 10.2. The van der Waals surface area contributed by atoms with Crippen LogP contribution in [0.25, 0.3) is 0 Å². The van der Waals surface area contributed by atoms with Gasteiger partial charge in [-0.3, -0.25) is 10.1 Å². The molecule has 0 saturated carbocycles. The highest BCUT2D eigenvalue weighted by atomic mass is 32.2. The first-order chi connectivity index (χ1) is 9.77. The zero-order valence-electron chi connectivity index (χ0n) is 12.8. The number of sulfonamides is 1. The van der Waals surface area contributed by atoms with Gasteiger partial charge < -0.3 is 0 Å². The summed E-state index contributed by atoms with van der Waals surface area (Å²) < 4.78 is 27.1. The zero-order valence-corrected chi connectivity index (χ0v) is 13.6. The highest BCUT2D eigenvalue weighted by molar-refractivity contribution is 7.89. The van der Waals surface area contributed by atoms with E-state index in [1.54, 1.807) is 0 Å². The van der Waals surface area contributed by atoms with Crippen molar-refractivity contribution in [2.75, 3.05) is 0 Å². The third-order valence-electron chi connectivity index (χ3n) is 3.67. The molecule has 7 heteroatoms. The van der Waals surface area contributed by atoms with Crippen molar-refractivity contribution in [3.63, 3.8) is 0 Å². The first-order valence-electron chi connectivity index (χ1n) is 7.04. The molecule has 0 heterocycles. The van der Waals surface area contributed by atoms with Crippen LogP contribution >= 0.6 is 0 Å². The molecule has 0 aliphatic heterocycles. The van der Waals surface area contributed by atoms with Crippen molar-refractivity contribution < 1.29 is 13.3 Å². The summed E-state index contributed by atoms with van der Waals surface area (Å²) in [5.41, 5.74) is -0.380. The topological polar surface area (TPSA) is 80.5 Å². The second kappa shape index (κ2) is 7.00. The molecule has 0 aliphatic rings. The van der Waals surface area contributed by atoms with Crippen LogP contribution < -0.4 is 0 Å². The summed E-state index contributed by atoms with van der Waals surface area (Å²) in [6, 6.07) is 5.05. The maximum Gasteiger partial charge on any atom is 0.289 e. The molecule has 0 saturated heterocycles. The molecule has 0 amide bonds. The molecular formula is C14H22N2O4S. The number of para-hydroxylation sites is 1. The quantitative estimate of drug-likeness (QED) is 0.572. The largest absolute Gasteiger partial charge is 0.289 e. The SMILES string of the molecule is CC[C@@H](C)N([C@H](C)CC)S(=O)(=O)c1ccccc1[N+](=O)[O-]. The van der Waals surface area contributed by atoms with Gasteiger partial charge in [0.2, 0.25) is 10.0 Å². The number of rotatable bonds is 7. The van der Waals surface area contributed by atoms with Gasteiger partial charge in [0.05, 0.1) is 4.92 Å². The Morgan fingerprint density at radius 2 is 1.62 bits per heavy atom. The molecule has 0 aliphatic carbocycles. The Balaban J connectivity index is 3.46. The Labute approximate surface area is 126 Å². The van der Waals surface area contributed by atoms with Crippen LogP contribution in [0.3, 0.4) is 0 Å². The Hall–Kier alpha value is -1.47. The molecule has 0 aromatic heterocycles. The first kappa shape index (κ1) is 17.6. The van der Waals surface area contributed by atoms with Gasteiger partial charge in [-0.1, -0.05) is 26.0 Å². The molecule has 0 radical (unpaired) electrons. The van der Waals surface area contributed by atoms with Crippen LogP contribution in [0.4, 0.5) is 5.69 Å². The van der Waals surface area contributed by atoms with E-state index < -0.39 is 14.9 Å². The summed E-state index contributed by atoms with van der Waals surface area (Å²) in [6.07, 6.45) is 1.29. The summed E-state index contributed by atoms with van der Waals surface area (Å²) >= 11 is 0. The molecule has 2 atom stereocenters. The predicted octanol–water partition coefficient (Wildman–Crippen LogP) is 3.18. The lowest BCUT2D eigenvalue weighted by Gasteiger charge is -2.32. The third-order valence-corrected chi connectivity index (χ3v) is 5.84. The summed E-state index contributed by atoms with van der Waals surface area (Å²) in [6.45, 7) is 7.43. The molecule has 0 N–H and O–H groups in total. The van der Waals surface area contributed by atoms with Crippen molar-refractivity contribution in [3.05, 3.63) is 34.4 Å². The Bertz CT molecular complexity index is 591. The van der Waals surface area contributed by atoms with Crippen LogP contribution in [-0.2, 0) is 10.0 Å². The molecule has 0 bridgehead atoms. The first-order valence-corrected chi connectivity index (χ1v) is 8.48. The fraction of sp³-hybridized carbons (Fsp3) is 0.571. The van der Waals surface area contributed by atoms with Crippen molar-refractivity contribution in [1.29, 1.82) is 0 Å². The van der Waals surface area contributed by atoms with Crippen LogP contribution in [0.15, 0.2) is 29.2 Å². The molecule has 1 rings (SSSR count). The van der Waals surface area contributed by atoms with E-state index in [9.17, 15) is 18.5 Å². The minimum atomic E-state index is -3.91. The van der Waals surface area contributed by atoms with Crippen LogP contribution in [0.5, 0.6) is 0 Å². The molecule has 0 unspecified atom stereocenters. The average Bonchev–Trinajstić information content (AvgIpc) is 2.46. The van der Waals surface area contributed by atoms with E-state index in [2.05, 4.69) is 0 Å².